The van der Waals surface area contributed by atoms with Crippen LogP contribution >= 0.6 is 0 Å². The van der Waals surface area contributed by atoms with E-state index >= 15 is 0 Å². The first-order valence-corrected chi connectivity index (χ1v) is 12.3. The average Bonchev–Trinajstić information content (AvgIpc) is 2.88. The van der Waals surface area contributed by atoms with E-state index in [1.807, 2.05) is 61.5 Å². The van der Waals surface area contributed by atoms with Gasteiger partial charge in [-0.3, -0.25) is 9.59 Å². The maximum absolute atomic E-state index is 13.0. The van der Waals surface area contributed by atoms with Gasteiger partial charge < -0.3 is 10.1 Å². The zero-order chi connectivity index (χ0) is 24.0. The lowest BCUT2D eigenvalue weighted by atomic mass is 9.88. The van der Waals surface area contributed by atoms with Gasteiger partial charge in [-0.05, 0) is 68.7 Å². The highest BCUT2D eigenvalue weighted by molar-refractivity contribution is 5.94. The third-order valence-electron chi connectivity index (χ3n) is 6.07. The molecule has 0 saturated carbocycles. The molecule has 3 aromatic rings. The first-order valence-electron chi connectivity index (χ1n) is 12.3. The first kappa shape index (κ1) is 25.2. The molecular formula is C30H35NO3. The van der Waals surface area contributed by atoms with Crippen LogP contribution in [0.25, 0.3) is 0 Å². The third-order valence-corrected chi connectivity index (χ3v) is 6.07. The Morgan fingerprint density at radius 1 is 0.735 bits per heavy atom. The van der Waals surface area contributed by atoms with Gasteiger partial charge in [0.05, 0.1) is 12.5 Å². The van der Waals surface area contributed by atoms with Gasteiger partial charge in [0.1, 0.15) is 0 Å². The molecule has 0 bridgehead atoms. The molecule has 3 aromatic carbocycles. The number of carbonyl (C=O) groups is 2. The lowest BCUT2D eigenvalue weighted by Crippen LogP contribution is -2.44. The number of esters is 1. The van der Waals surface area contributed by atoms with E-state index in [1.54, 1.807) is 12.1 Å². The minimum Gasteiger partial charge on any atom is -0.466 e. The standard InChI is InChI=1S/C30H35NO3/c1-2-34-30(33)27(22-12-18-24-14-6-3-7-15-24)28(23-13-19-25-16-8-4-9-17-25)31-29(32)26-20-10-5-11-21-26/h3-11,14-17,20-21,27-28H,2,12-13,18-19,22-23H2,1H3,(H,31,32)/t27-,28-/m1/s1. The average molecular weight is 458 g/mol. The number of benzene rings is 3. The predicted octanol–water partition coefficient (Wildman–Crippen LogP) is 6.01. The number of amides is 1. The Morgan fingerprint density at radius 3 is 1.76 bits per heavy atom. The zero-order valence-electron chi connectivity index (χ0n) is 20.0. The SMILES string of the molecule is CCOC(=O)[C@H](CCCc1ccccc1)[C@@H](CCCc1ccccc1)NC(=O)c1ccccc1. The van der Waals surface area contributed by atoms with E-state index in [0.717, 1.165) is 25.7 Å². The summed E-state index contributed by atoms with van der Waals surface area (Å²) in [6, 6.07) is 29.5. The number of rotatable bonds is 13. The Balaban J connectivity index is 1.72. The molecule has 0 heterocycles. The van der Waals surface area contributed by atoms with Crippen molar-refractivity contribution in [3.8, 4) is 0 Å². The second-order valence-electron chi connectivity index (χ2n) is 8.56. The van der Waals surface area contributed by atoms with Crippen LogP contribution in [-0.2, 0) is 22.4 Å². The summed E-state index contributed by atoms with van der Waals surface area (Å²) in [5.74, 6) is -0.761. The second kappa shape index (κ2) is 14.0. The minimum atomic E-state index is -0.382. The fourth-order valence-electron chi connectivity index (χ4n) is 4.29. The van der Waals surface area contributed by atoms with E-state index in [4.69, 9.17) is 4.74 Å². The highest BCUT2D eigenvalue weighted by Gasteiger charge is 2.30. The maximum Gasteiger partial charge on any atom is 0.311 e. The van der Waals surface area contributed by atoms with Gasteiger partial charge in [0, 0.05) is 11.6 Å². The van der Waals surface area contributed by atoms with Gasteiger partial charge in [0.15, 0.2) is 0 Å². The van der Waals surface area contributed by atoms with Gasteiger partial charge in [-0.15, -0.1) is 0 Å². The minimum absolute atomic E-state index is 0.150. The van der Waals surface area contributed by atoms with Crippen molar-refractivity contribution in [2.75, 3.05) is 6.61 Å². The smallest absolute Gasteiger partial charge is 0.311 e. The van der Waals surface area contributed by atoms with Crippen molar-refractivity contribution < 1.29 is 14.3 Å². The largest absolute Gasteiger partial charge is 0.466 e. The van der Waals surface area contributed by atoms with Gasteiger partial charge in [-0.25, -0.2) is 0 Å². The van der Waals surface area contributed by atoms with Gasteiger partial charge in [0.2, 0.25) is 0 Å². The van der Waals surface area contributed by atoms with Crippen LogP contribution in [0.1, 0.15) is 54.1 Å². The molecule has 4 nitrogen and oxygen atoms in total. The van der Waals surface area contributed by atoms with Crippen molar-refractivity contribution in [2.24, 2.45) is 5.92 Å². The van der Waals surface area contributed by atoms with Crippen LogP contribution in [0.3, 0.4) is 0 Å². The van der Waals surface area contributed by atoms with Gasteiger partial charge in [-0.1, -0.05) is 78.9 Å². The van der Waals surface area contributed by atoms with Gasteiger partial charge in [-0.2, -0.15) is 0 Å². The molecule has 1 N–H and O–H groups in total. The summed E-state index contributed by atoms with van der Waals surface area (Å²) in [5, 5.41) is 3.17. The maximum atomic E-state index is 13.0. The monoisotopic (exact) mass is 457 g/mol. The molecule has 3 rings (SSSR count). The number of aryl methyl sites for hydroxylation is 2. The predicted molar refractivity (Wildman–Crippen MR) is 137 cm³/mol. The molecule has 0 aliphatic heterocycles. The summed E-state index contributed by atoms with van der Waals surface area (Å²) in [6.07, 6.45) is 4.89. The fraction of sp³-hybridized carbons (Fsp3) is 0.333. The lowest BCUT2D eigenvalue weighted by Gasteiger charge is -2.27. The van der Waals surface area contributed by atoms with Crippen LogP contribution in [0.2, 0.25) is 0 Å². The van der Waals surface area contributed by atoms with Crippen LogP contribution < -0.4 is 5.32 Å². The van der Waals surface area contributed by atoms with Crippen LogP contribution in [0, 0.1) is 5.92 Å². The highest BCUT2D eigenvalue weighted by Crippen LogP contribution is 2.21. The van der Waals surface area contributed by atoms with Crippen LogP contribution in [-0.4, -0.2) is 24.5 Å². The van der Waals surface area contributed by atoms with Crippen molar-refractivity contribution in [3.63, 3.8) is 0 Å². The van der Waals surface area contributed by atoms with E-state index in [9.17, 15) is 9.59 Å². The molecule has 0 aliphatic carbocycles. The Labute approximate surface area is 203 Å². The molecule has 178 valence electrons. The van der Waals surface area contributed by atoms with E-state index in [1.165, 1.54) is 11.1 Å². The molecule has 0 radical (unpaired) electrons. The Bertz CT molecular complexity index is 989. The van der Waals surface area contributed by atoms with E-state index < -0.39 is 0 Å². The molecule has 2 atom stereocenters. The van der Waals surface area contributed by atoms with Crippen LogP contribution in [0.5, 0.6) is 0 Å². The molecule has 0 fully saturated rings. The molecule has 1 amide bonds. The summed E-state index contributed by atoms with van der Waals surface area (Å²) in [5.41, 5.74) is 3.11. The molecule has 0 unspecified atom stereocenters. The van der Waals surface area contributed by atoms with Gasteiger partial charge >= 0.3 is 5.97 Å². The first-order chi connectivity index (χ1) is 16.7. The summed E-state index contributed by atoms with van der Waals surface area (Å²) in [6.45, 7) is 2.16. The van der Waals surface area contributed by atoms with E-state index in [-0.39, 0.29) is 23.8 Å². The van der Waals surface area contributed by atoms with Crippen molar-refractivity contribution >= 4 is 11.9 Å². The molecule has 0 aliphatic rings. The Morgan fingerprint density at radius 2 is 1.24 bits per heavy atom. The number of hydrogen-bond donors (Lipinski definition) is 1. The molecule has 4 heteroatoms. The quantitative estimate of drug-likeness (QED) is 0.320. The lowest BCUT2D eigenvalue weighted by molar-refractivity contribution is -0.149. The number of hydrogen-bond acceptors (Lipinski definition) is 3. The van der Waals surface area contributed by atoms with Crippen molar-refractivity contribution in [2.45, 2.75) is 51.5 Å². The third kappa shape index (κ3) is 8.18. The molecule has 0 aromatic heterocycles. The molecule has 0 saturated heterocycles. The summed E-state index contributed by atoms with van der Waals surface area (Å²) >= 11 is 0. The molecule has 34 heavy (non-hydrogen) atoms. The number of nitrogens with one attached hydrogen (secondary N) is 1. The van der Waals surface area contributed by atoms with Gasteiger partial charge in [0.25, 0.3) is 5.91 Å². The van der Waals surface area contributed by atoms with Crippen molar-refractivity contribution in [3.05, 3.63) is 108 Å². The summed E-state index contributed by atoms with van der Waals surface area (Å²) in [4.78, 5) is 26.0. The van der Waals surface area contributed by atoms with Crippen molar-refractivity contribution in [1.29, 1.82) is 0 Å². The summed E-state index contributed by atoms with van der Waals surface area (Å²) < 4.78 is 5.45. The van der Waals surface area contributed by atoms with E-state index in [2.05, 4.69) is 29.6 Å². The van der Waals surface area contributed by atoms with E-state index in [0.29, 0.717) is 25.0 Å². The Hall–Kier alpha value is -3.40. The van der Waals surface area contributed by atoms with Crippen LogP contribution in [0.15, 0.2) is 91.0 Å². The zero-order valence-corrected chi connectivity index (χ0v) is 20.0. The Kier molecular flexibility index (Phi) is 10.4. The number of carbonyl (C=O) groups excluding carboxylic acids is 2. The van der Waals surface area contributed by atoms with Crippen molar-refractivity contribution in [1.82, 2.24) is 5.32 Å². The summed E-state index contributed by atoms with van der Waals surface area (Å²) in [7, 11) is 0. The molecule has 0 spiro atoms. The fourth-order valence-corrected chi connectivity index (χ4v) is 4.29. The topological polar surface area (TPSA) is 55.4 Å². The highest BCUT2D eigenvalue weighted by atomic mass is 16.5. The molecular weight excluding hydrogens is 422 g/mol. The number of ether oxygens (including phenoxy) is 1. The second-order valence-corrected chi connectivity index (χ2v) is 8.56. The normalized spacial score (nSPS) is 12.5. The van der Waals surface area contributed by atoms with Crippen LogP contribution in [0.4, 0.5) is 0 Å².